The van der Waals surface area contributed by atoms with Crippen molar-refractivity contribution in [2.75, 3.05) is 32.2 Å². The maximum absolute atomic E-state index is 12.9. The van der Waals surface area contributed by atoms with Crippen molar-refractivity contribution in [2.45, 2.75) is 44.7 Å². The zero-order valence-electron chi connectivity index (χ0n) is 14.3. The zero-order valence-corrected chi connectivity index (χ0v) is 15.9. The zero-order chi connectivity index (χ0) is 16.8. The van der Waals surface area contributed by atoms with Crippen molar-refractivity contribution in [1.82, 2.24) is 4.90 Å². The Bertz CT molecular complexity index is 504. The number of amides is 1. The van der Waals surface area contributed by atoms with Crippen LogP contribution >= 0.6 is 15.9 Å². The van der Waals surface area contributed by atoms with Gasteiger partial charge in [-0.2, -0.15) is 0 Å². The van der Waals surface area contributed by atoms with Gasteiger partial charge in [-0.15, -0.1) is 0 Å². The van der Waals surface area contributed by atoms with E-state index in [1.165, 1.54) is 6.42 Å². The Kier molecular flexibility index (Phi) is 7.06. The van der Waals surface area contributed by atoms with Crippen molar-refractivity contribution in [3.63, 3.8) is 0 Å². The highest BCUT2D eigenvalue weighted by Crippen LogP contribution is 2.32. The molecule has 0 radical (unpaired) electrons. The van der Waals surface area contributed by atoms with Crippen LogP contribution in [0, 0.1) is 0 Å². The summed E-state index contributed by atoms with van der Waals surface area (Å²) in [4.78, 5) is 17.1. The van der Waals surface area contributed by atoms with E-state index in [0.29, 0.717) is 25.7 Å². The number of rotatable bonds is 7. The molecule has 1 amide bonds. The number of nitrogens with zero attached hydrogens (tertiary/aromatic N) is 2. The first-order valence-electron chi connectivity index (χ1n) is 8.36. The van der Waals surface area contributed by atoms with Crippen molar-refractivity contribution >= 4 is 27.5 Å². The van der Waals surface area contributed by atoms with Gasteiger partial charge in [-0.05, 0) is 64.5 Å². The quantitative estimate of drug-likeness (QED) is 0.674. The SMILES string of the molecule is CCOCCC(=O)N(c1ccc(Br)cc1)C1CCCC1N(C)C. The summed E-state index contributed by atoms with van der Waals surface area (Å²) in [5.74, 6) is 0.152. The van der Waals surface area contributed by atoms with Gasteiger partial charge in [-0.3, -0.25) is 4.79 Å². The fourth-order valence-corrected chi connectivity index (χ4v) is 3.64. The van der Waals surface area contributed by atoms with Crippen LogP contribution in [0.4, 0.5) is 5.69 Å². The van der Waals surface area contributed by atoms with Crippen LogP contribution in [0.5, 0.6) is 0 Å². The third-order valence-electron chi connectivity index (χ3n) is 4.48. The van der Waals surface area contributed by atoms with Crippen LogP contribution in [0.15, 0.2) is 28.7 Å². The predicted octanol–water partition coefficient (Wildman–Crippen LogP) is 3.69. The summed E-state index contributed by atoms with van der Waals surface area (Å²) in [6.07, 6.45) is 3.79. The molecule has 0 bridgehead atoms. The fourth-order valence-electron chi connectivity index (χ4n) is 3.37. The molecule has 128 valence electrons. The predicted molar refractivity (Wildman–Crippen MR) is 97.9 cm³/mol. The summed E-state index contributed by atoms with van der Waals surface area (Å²) in [5.41, 5.74) is 0.980. The molecule has 1 aromatic carbocycles. The van der Waals surface area contributed by atoms with Gasteiger partial charge in [-0.25, -0.2) is 0 Å². The average Bonchev–Trinajstić information content (AvgIpc) is 2.99. The molecule has 2 atom stereocenters. The van der Waals surface area contributed by atoms with Gasteiger partial charge < -0.3 is 14.5 Å². The van der Waals surface area contributed by atoms with Crippen LogP contribution in [-0.2, 0) is 9.53 Å². The van der Waals surface area contributed by atoms with Crippen LogP contribution < -0.4 is 4.90 Å². The van der Waals surface area contributed by atoms with E-state index in [9.17, 15) is 4.79 Å². The highest BCUT2D eigenvalue weighted by atomic mass is 79.9. The largest absolute Gasteiger partial charge is 0.381 e. The number of anilines is 1. The molecule has 4 nitrogen and oxygen atoms in total. The van der Waals surface area contributed by atoms with E-state index >= 15 is 0 Å². The lowest BCUT2D eigenvalue weighted by molar-refractivity contribution is -0.120. The Labute approximate surface area is 147 Å². The highest BCUT2D eigenvalue weighted by molar-refractivity contribution is 9.10. The van der Waals surface area contributed by atoms with E-state index in [1.54, 1.807) is 0 Å². The second-order valence-corrected chi connectivity index (χ2v) is 7.13. The molecule has 0 saturated heterocycles. The van der Waals surface area contributed by atoms with Crippen molar-refractivity contribution < 1.29 is 9.53 Å². The minimum Gasteiger partial charge on any atom is -0.381 e. The third kappa shape index (κ3) is 4.78. The van der Waals surface area contributed by atoms with E-state index in [1.807, 2.05) is 36.1 Å². The average molecular weight is 383 g/mol. The molecular weight excluding hydrogens is 356 g/mol. The molecule has 1 aliphatic carbocycles. The number of carbonyl (C=O) groups is 1. The molecule has 5 heteroatoms. The molecule has 0 spiro atoms. The number of hydrogen-bond donors (Lipinski definition) is 0. The number of ether oxygens (including phenoxy) is 1. The smallest absolute Gasteiger partial charge is 0.229 e. The van der Waals surface area contributed by atoms with E-state index < -0.39 is 0 Å². The number of benzene rings is 1. The Hall–Kier alpha value is -0.910. The van der Waals surface area contributed by atoms with Crippen molar-refractivity contribution in [1.29, 1.82) is 0 Å². The second kappa shape index (κ2) is 8.81. The summed E-state index contributed by atoms with van der Waals surface area (Å²) < 4.78 is 6.41. The fraction of sp³-hybridized carbons (Fsp3) is 0.611. The molecule has 23 heavy (non-hydrogen) atoms. The molecule has 0 heterocycles. The Morgan fingerprint density at radius 2 is 1.87 bits per heavy atom. The van der Waals surface area contributed by atoms with Crippen LogP contribution in [0.25, 0.3) is 0 Å². The first kappa shape index (κ1) is 18.4. The maximum Gasteiger partial charge on any atom is 0.229 e. The summed E-state index contributed by atoms with van der Waals surface area (Å²) in [6.45, 7) is 3.09. The lowest BCUT2D eigenvalue weighted by Crippen LogP contribution is -2.49. The maximum atomic E-state index is 12.9. The van der Waals surface area contributed by atoms with Crippen LogP contribution in [0.2, 0.25) is 0 Å². The molecule has 1 fully saturated rings. The monoisotopic (exact) mass is 382 g/mol. The van der Waals surface area contributed by atoms with Gasteiger partial charge in [0.1, 0.15) is 0 Å². The van der Waals surface area contributed by atoms with Crippen molar-refractivity contribution in [3.8, 4) is 0 Å². The van der Waals surface area contributed by atoms with Crippen LogP contribution in [-0.4, -0.2) is 50.2 Å². The Morgan fingerprint density at radius 3 is 2.48 bits per heavy atom. The topological polar surface area (TPSA) is 32.8 Å². The number of halogens is 1. The molecule has 1 saturated carbocycles. The Balaban J connectivity index is 2.23. The van der Waals surface area contributed by atoms with Gasteiger partial charge in [0.15, 0.2) is 0 Å². The summed E-state index contributed by atoms with van der Waals surface area (Å²) in [5, 5.41) is 0. The molecule has 1 aromatic rings. The molecule has 1 aliphatic rings. The van der Waals surface area contributed by atoms with Gasteiger partial charge >= 0.3 is 0 Å². The van der Waals surface area contributed by atoms with Gasteiger partial charge in [0.05, 0.1) is 19.1 Å². The molecule has 0 aromatic heterocycles. The van der Waals surface area contributed by atoms with E-state index in [0.717, 1.165) is 23.0 Å². The second-order valence-electron chi connectivity index (χ2n) is 6.22. The first-order valence-corrected chi connectivity index (χ1v) is 9.15. The summed E-state index contributed by atoms with van der Waals surface area (Å²) in [6, 6.07) is 8.69. The van der Waals surface area contributed by atoms with E-state index in [2.05, 4.69) is 34.9 Å². The lowest BCUT2D eigenvalue weighted by Gasteiger charge is -2.36. The van der Waals surface area contributed by atoms with Gasteiger partial charge in [-0.1, -0.05) is 15.9 Å². The summed E-state index contributed by atoms with van der Waals surface area (Å²) in [7, 11) is 4.21. The molecular formula is C18H27BrN2O2. The first-order chi connectivity index (χ1) is 11.0. The summed E-state index contributed by atoms with van der Waals surface area (Å²) >= 11 is 3.47. The van der Waals surface area contributed by atoms with E-state index in [-0.39, 0.29) is 11.9 Å². The number of likely N-dealkylation sites (N-methyl/N-ethyl adjacent to an activating group) is 1. The molecule has 0 aliphatic heterocycles. The van der Waals surface area contributed by atoms with Crippen molar-refractivity contribution in [2.24, 2.45) is 0 Å². The normalized spacial score (nSPS) is 20.9. The third-order valence-corrected chi connectivity index (χ3v) is 5.01. The van der Waals surface area contributed by atoms with Crippen molar-refractivity contribution in [3.05, 3.63) is 28.7 Å². The van der Waals surface area contributed by atoms with Crippen LogP contribution in [0.3, 0.4) is 0 Å². The Morgan fingerprint density at radius 1 is 1.22 bits per heavy atom. The minimum absolute atomic E-state index is 0.152. The highest BCUT2D eigenvalue weighted by Gasteiger charge is 2.36. The standard InChI is InChI=1S/C18H27BrN2O2/c1-4-23-13-12-18(22)21(15-10-8-14(19)9-11-15)17-7-5-6-16(17)20(2)3/h8-11,16-17H,4-7,12-13H2,1-3H3. The number of carbonyl (C=O) groups excluding carboxylic acids is 1. The molecule has 2 rings (SSSR count). The van der Waals surface area contributed by atoms with Gasteiger partial charge in [0, 0.05) is 22.8 Å². The van der Waals surface area contributed by atoms with E-state index in [4.69, 9.17) is 4.74 Å². The molecule has 2 unspecified atom stereocenters. The van der Waals surface area contributed by atoms with Crippen LogP contribution in [0.1, 0.15) is 32.6 Å². The number of hydrogen-bond acceptors (Lipinski definition) is 3. The molecule has 0 N–H and O–H groups in total. The van der Waals surface area contributed by atoms with Gasteiger partial charge in [0.25, 0.3) is 0 Å². The minimum atomic E-state index is 0.152. The van der Waals surface area contributed by atoms with Gasteiger partial charge in [0.2, 0.25) is 5.91 Å². The lowest BCUT2D eigenvalue weighted by atomic mass is 10.1.